The number of fused-ring (bicyclic) bond motifs is 4. The van der Waals surface area contributed by atoms with E-state index in [2.05, 4.69) is 0 Å². The Labute approximate surface area is 328 Å². The third kappa shape index (κ3) is 6.20. The normalized spacial score (nSPS) is 23.2. The number of benzene rings is 4. The van der Waals surface area contributed by atoms with Gasteiger partial charge < -0.3 is 50.3 Å². The number of phenolic OH excluding ortho intramolecular Hbond substituents is 7. The lowest BCUT2D eigenvalue weighted by atomic mass is 9.64. The van der Waals surface area contributed by atoms with Gasteiger partial charge in [0.1, 0.15) is 57.3 Å². The SMILES string of the molecule is CC(C)=CCc1c(O)ccc(C(=O)[C@@H]2[C@@H](c3c(O)cc4c(c3O)C(=O)C3(CC=C(C)C)Oc5cc(O)ccc5C3(O)O4)C=C(C)C[C@H]2c2ccc(O)cc2O)c1O. The second kappa shape index (κ2) is 14.0. The zero-order valence-corrected chi connectivity index (χ0v) is 32.0. The molecule has 0 saturated heterocycles. The van der Waals surface area contributed by atoms with Crippen LogP contribution >= 0.6 is 0 Å². The van der Waals surface area contributed by atoms with Crippen molar-refractivity contribution in [2.24, 2.45) is 5.92 Å². The molecule has 0 spiro atoms. The molecule has 0 fully saturated rings. The van der Waals surface area contributed by atoms with Crippen molar-refractivity contribution in [2.45, 2.75) is 77.1 Å². The lowest BCUT2D eigenvalue weighted by Crippen LogP contribution is -2.62. The third-order valence-corrected chi connectivity index (χ3v) is 11.2. The summed E-state index contributed by atoms with van der Waals surface area (Å²) in [5.41, 5.74) is -0.284. The highest BCUT2D eigenvalue weighted by molar-refractivity contribution is 6.10. The summed E-state index contributed by atoms with van der Waals surface area (Å²) in [6, 6.07) is 11.5. The van der Waals surface area contributed by atoms with Crippen LogP contribution in [0.2, 0.25) is 0 Å². The standard InChI is InChI=1S/C45H44O12/c1-21(2)6-9-27-32(48)13-11-28(40(27)51)41(52)37-29(26-10-7-24(46)18-33(26)49)16-23(5)17-30(37)38-34(50)20-36-39(42(38)53)43(54)44(15-14-22(3)4)45(55,57-36)31-12-8-25(47)19-35(31)56-44/h6-8,10-14,17-20,29-30,37,46-51,53,55H,9,15-16H2,1-5H3/t29-,30-,37-,44?,45?/m0/s1. The molecule has 0 saturated carbocycles. The fourth-order valence-electron chi connectivity index (χ4n) is 8.42. The molecule has 3 aliphatic rings. The maximum absolute atomic E-state index is 15.0. The molecule has 2 heterocycles. The van der Waals surface area contributed by atoms with E-state index in [9.17, 15) is 45.6 Å². The molecule has 8 N–H and O–H groups in total. The zero-order valence-electron chi connectivity index (χ0n) is 32.0. The van der Waals surface area contributed by atoms with E-state index in [0.29, 0.717) is 5.57 Å². The highest BCUT2D eigenvalue weighted by atomic mass is 16.7. The summed E-state index contributed by atoms with van der Waals surface area (Å²) in [6.45, 7) is 9.03. The second-order valence-electron chi connectivity index (χ2n) is 15.6. The number of phenols is 7. The van der Waals surface area contributed by atoms with Crippen LogP contribution in [-0.2, 0) is 12.2 Å². The number of ketones is 2. The Morgan fingerprint density at radius 3 is 2.16 bits per heavy atom. The lowest BCUT2D eigenvalue weighted by molar-refractivity contribution is -0.221. The number of allylic oxidation sites excluding steroid dienone is 5. The Morgan fingerprint density at radius 2 is 1.47 bits per heavy atom. The topological polar surface area (TPSA) is 214 Å². The Morgan fingerprint density at radius 1 is 0.789 bits per heavy atom. The van der Waals surface area contributed by atoms with Crippen LogP contribution in [0.4, 0.5) is 0 Å². The first kappa shape index (κ1) is 38.9. The summed E-state index contributed by atoms with van der Waals surface area (Å²) in [6.07, 6.45) is 5.18. The number of rotatable bonds is 8. The van der Waals surface area contributed by atoms with E-state index in [0.717, 1.165) is 23.3 Å². The van der Waals surface area contributed by atoms with Gasteiger partial charge in [-0.05, 0) is 83.4 Å². The number of hydrogen-bond donors (Lipinski definition) is 8. The van der Waals surface area contributed by atoms with Crippen molar-refractivity contribution in [3.63, 3.8) is 0 Å². The number of carbonyl (C=O) groups is 2. The molecule has 296 valence electrons. The van der Waals surface area contributed by atoms with Crippen molar-refractivity contribution < 1.29 is 59.9 Å². The summed E-state index contributed by atoms with van der Waals surface area (Å²) in [7, 11) is 0. The Balaban J connectivity index is 1.44. The first-order valence-corrected chi connectivity index (χ1v) is 18.5. The van der Waals surface area contributed by atoms with Crippen molar-refractivity contribution in [2.75, 3.05) is 0 Å². The van der Waals surface area contributed by atoms with E-state index in [4.69, 9.17) is 9.47 Å². The van der Waals surface area contributed by atoms with Crippen molar-refractivity contribution >= 4 is 11.6 Å². The average molecular weight is 777 g/mol. The van der Waals surface area contributed by atoms with Gasteiger partial charge in [-0.3, -0.25) is 9.59 Å². The minimum Gasteiger partial charge on any atom is -0.508 e. The Hall–Kier alpha value is -6.40. The monoisotopic (exact) mass is 776 g/mol. The van der Waals surface area contributed by atoms with Crippen LogP contribution in [0.3, 0.4) is 0 Å². The average Bonchev–Trinajstić information content (AvgIpc) is 3.37. The Bertz CT molecular complexity index is 2450. The summed E-state index contributed by atoms with van der Waals surface area (Å²) in [5.74, 6) is -10.6. The molecule has 0 radical (unpaired) electrons. The fraction of sp³-hybridized carbons (Fsp3) is 0.289. The molecule has 1 aliphatic carbocycles. The van der Waals surface area contributed by atoms with Crippen molar-refractivity contribution in [1.29, 1.82) is 0 Å². The molecule has 4 aromatic rings. The maximum atomic E-state index is 15.0. The van der Waals surface area contributed by atoms with Crippen LogP contribution < -0.4 is 9.47 Å². The van der Waals surface area contributed by atoms with E-state index >= 15 is 4.79 Å². The van der Waals surface area contributed by atoms with E-state index < -0.39 is 63.5 Å². The molecule has 5 atom stereocenters. The van der Waals surface area contributed by atoms with Gasteiger partial charge in [-0.15, -0.1) is 0 Å². The first-order valence-electron chi connectivity index (χ1n) is 18.5. The minimum atomic E-state index is -2.46. The van der Waals surface area contributed by atoms with Gasteiger partial charge in [0.15, 0.2) is 5.78 Å². The van der Waals surface area contributed by atoms with Gasteiger partial charge in [-0.25, -0.2) is 0 Å². The molecule has 0 bridgehead atoms. The smallest absolute Gasteiger partial charge is 0.286 e. The highest BCUT2D eigenvalue weighted by Gasteiger charge is 2.70. The van der Waals surface area contributed by atoms with Gasteiger partial charge in [0.25, 0.3) is 5.79 Å². The fourth-order valence-corrected chi connectivity index (χ4v) is 8.42. The van der Waals surface area contributed by atoms with E-state index in [1.807, 2.05) is 13.8 Å². The molecule has 7 rings (SSSR count). The number of aliphatic hydroxyl groups is 1. The molecule has 12 nitrogen and oxygen atoms in total. The van der Waals surface area contributed by atoms with Crippen molar-refractivity contribution in [3.8, 4) is 51.7 Å². The number of carbonyl (C=O) groups excluding carboxylic acids is 2. The van der Waals surface area contributed by atoms with E-state index in [1.54, 1.807) is 39.0 Å². The van der Waals surface area contributed by atoms with Crippen molar-refractivity contribution in [3.05, 3.63) is 123 Å². The predicted octanol–water partition coefficient (Wildman–Crippen LogP) is 7.76. The molecule has 0 aromatic heterocycles. The molecule has 4 aromatic carbocycles. The van der Waals surface area contributed by atoms with Gasteiger partial charge in [0, 0.05) is 53.5 Å². The van der Waals surface area contributed by atoms with Crippen LogP contribution in [0, 0.1) is 5.92 Å². The van der Waals surface area contributed by atoms with Crippen LogP contribution in [0.25, 0.3) is 0 Å². The van der Waals surface area contributed by atoms with Gasteiger partial charge in [0.05, 0.1) is 11.1 Å². The van der Waals surface area contributed by atoms with Crippen LogP contribution in [-0.4, -0.2) is 58.0 Å². The number of aromatic hydroxyl groups is 7. The molecule has 0 amide bonds. The molecular formula is C45H44O12. The quantitative estimate of drug-likeness (QED) is 0.0637. The molecular weight excluding hydrogens is 732 g/mol. The maximum Gasteiger partial charge on any atom is 0.286 e. The Kier molecular flexibility index (Phi) is 9.52. The van der Waals surface area contributed by atoms with Gasteiger partial charge in [0.2, 0.25) is 11.4 Å². The largest absolute Gasteiger partial charge is 0.508 e. The summed E-state index contributed by atoms with van der Waals surface area (Å²) >= 11 is 0. The molecule has 12 heteroatoms. The predicted molar refractivity (Wildman–Crippen MR) is 208 cm³/mol. The first-order chi connectivity index (χ1) is 26.9. The van der Waals surface area contributed by atoms with E-state index in [1.165, 1.54) is 42.5 Å². The van der Waals surface area contributed by atoms with Gasteiger partial charge in [-0.1, -0.05) is 41.0 Å². The van der Waals surface area contributed by atoms with E-state index in [-0.39, 0.29) is 81.6 Å². The van der Waals surface area contributed by atoms with Crippen LogP contribution in [0.5, 0.6) is 51.7 Å². The van der Waals surface area contributed by atoms with Crippen LogP contribution in [0.1, 0.15) is 102 Å². The minimum absolute atomic E-state index is 0.0320. The summed E-state index contributed by atoms with van der Waals surface area (Å²) in [4.78, 5) is 30.0. The number of Topliss-reactive ketones (excluding diaryl/α,β-unsaturated/α-hetero) is 2. The molecule has 57 heavy (non-hydrogen) atoms. The second-order valence-corrected chi connectivity index (χ2v) is 15.6. The lowest BCUT2D eigenvalue weighted by Gasteiger charge is -2.43. The highest BCUT2D eigenvalue weighted by Crippen LogP contribution is 2.60. The summed E-state index contributed by atoms with van der Waals surface area (Å²) < 4.78 is 12.4. The number of hydrogen-bond acceptors (Lipinski definition) is 12. The molecule has 2 aliphatic heterocycles. The van der Waals surface area contributed by atoms with Crippen LogP contribution in [0.15, 0.2) is 89.5 Å². The van der Waals surface area contributed by atoms with Gasteiger partial charge >= 0.3 is 0 Å². The van der Waals surface area contributed by atoms with Gasteiger partial charge in [-0.2, -0.15) is 0 Å². The van der Waals surface area contributed by atoms with Crippen molar-refractivity contribution in [1.82, 2.24) is 0 Å². The summed E-state index contributed by atoms with van der Waals surface area (Å²) in [5, 5.41) is 90.2. The zero-order chi connectivity index (χ0) is 41.3. The number of ether oxygens (including phenoxy) is 2. The third-order valence-electron chi connectivity index (χ3n) is 11.2. The molecule has 2 unspecified atom stereocenters.